The number of esters is 1. The molecule has 0 aliphatic heterocycles. The number of hydrogen-bond donors (Lipinski definition) is 0. The van der Waals surface area contributed by atoms with Crippen molar-refractivity contribution >= 4 is 28.6 Å². The monoisotopic (exact) mass is 294 g/mol. The first-order chi connectivity index (χ1) is 9.63. The molecule has 4 nitrogen and oxygen atoms in total. The maximum atomic E-state index is 10.7. The van der Waals surface area contributed by atoms with Gasteiger partial charge in [0.15, 0.2) is 0 Å². The van der Waals surface area contributed by atoms with Gasteiger partial charge in [0.1, 0.15) is 5.82 Å². The summed E-state index contributed by atoms with van der Waals surface area (Å²) in [4.78, 5) is 15.3. The number of aromatic nitrogens is 2. The second kappa shape index (κ2) is 6.75. The van der Waals surface area contributed by atoms with Crippen LogP contribution in [0.25, 0.3) is 11.0 Å². The summed E-state index contributed by atoms with van der Waals surface area (Å²) in [5, 5.41) is 0. The van der Waals surface area contributed by atoms with Crippen LogP contribution < -0.4 is 0 Å². The first kappa shape index (κ1) is 14.9. The molecule has 0 amide bonds. The van der Waals surface area contributed by atoms with Crippen LogP contribution in [0.4, 0.5) is 0 Å². The van der Waals surface area contributed by atoms with Crippen LogP contribution in [0.1, 0.15) is 31.2 Å². The van der Waals surface area contributed by atoms with E-state index in [-0.39, 0.29) is 5.97 Å². The van der Waals surface area contributed by atoms with E-state index >= 15 is 0 Å². The van der Waals surface area contributed by atoms with Crippen molar-refractivity contribution in [2.24, 2.45) is 0 Å². The molecule has 0 spiro atoms. The lowest BCUT2D eigenvalue weighted by atomic mass is 10.2. The molecule has 0 unspecified atom stereocenters. The number of rotatable bonds is 6. The maximum absolute atomic E-state index is 10.7. The van der Waals surface area contributed by atoms with Gasteiger partial charge >= 0.3 is 5.97 Å². The summed E-state index contributed by atoms with van der Waals surface area (Å²) in [6, 6.07) is 6.16. The van der Waals surface area contributed by atoms with E-state index in [1.54, 1.807) is 0 Å². The average molecular weight is 295 g/mol. The lowest BCUT2D eigenvalue weighted by molar-refractivity contribution is -0.141. The third-order valence-corrected chi connectivity index (χ3v) is 3.50. The lowest BCUT2D eigenvalue weighted by Crippen LogP contribution is -2.05. The van der Waals surface area contributed by atoms with Gasteiger partial charge in [-0.1, -0.05) is 12.1 Å². The Labute approximate surface area is 123 Å². The van der Waals surface area contributed by atoms with Crippen molar-refractivity contribution in [3.8, 4) is 0 Å². The van der Waals surface area contributed by atoms with E-state index in [4.69, 9.17) is 16.3 Å². The van der Waals surface area contributed by atoms with Gasteiger partial charge in [-0.3, -0.25) is 4.79 Å². The molecule has 108 valence electrons. The molecule has 1 heterocycles. The minimum absolute atomic E-state index is 0.227. The number of nitrogens with zero attached hydrogens (tertiary/aromatic N) is 2. The second-order valence-corrected chi connectivity index (χ2v) is 5.07. The summed E-state index contributed by atoms with van der Waals surface area (Å²) < 4.78 is 7.09. The van der Waals surface area contributed by atoms with Gasteiger partial charge in [-0.25, -0.2) is 4.98 Å². The van der Waals surface area contributed by atoms with E-state index in [2.05, 4.69) is 28.6 Å². The Balaban J connectivity index is 2.08. The number of para-hydroxylation sites is 1. The van der Waals surface area contributed by atoms with Crippen LogP contribution in [0.5, 0.6) is 0 Å². The zero-order chi connectivity index (χ0) is 14.5. The summed E-state index contributed by atoms with van der Waals surface area (Å²) in [7, 11) is 0. The second-order valence-electron chi connectivity index (χ2n) is 4.80. The Morgan fingerprint density at radius 3 is 2.90 bits per heavy atom. The van der Waals surface area contributed by atoms with Gasteiger partial charge in [0.2, 0.25) is 0 Å². The number of carbonyl (C=O) groups is 1. The van der Waals surface area contributed by atoms with Crippen molar-refractivity contribution in [2.45, 2.75) is 39.1 Å². The van der Waals surface area contributed by atoms with E-state index in [1.807, 2.05) is 6.07 Å². The standard InChI is InChI=1S/C15H19ClN2O2/c1-11-6-5-7-13-15(11)17-14(10-16)18(13)8-3-4-9-20-12(2)19/h5-7H,3-4,8-10H2,1-2H3. The number of aryl methyl sites for hydroxylation is 2. The molecule has 0 radical (unpaired) electrons. The molecule has 0 aliphatic carbocycles. The zero-order valence-electron chi connectivity index (χ0n) is 11.9. The third kappa shape index (κ3) is 3.31. The number of benzene rings is 1. The predicted octanol–water partition coefficient (Wildman–Crippen LogP) is 3.43. The van der Waals surface area contributed by atoms with E-state index in [9.17, 15) is 4.79 Å². The van der Waals surface area contributed by atoms with Crippen LogP contribution in [-0.4, -0.2) is 22.1 Å². The molecule has 5 heteroatoms. The Morgan fingerprint density at radius 1 is 1.40 bits per heavy atom. The lowest BCUT2D eigenvalue weighted by Gasteiger charge is -2.08. The summed E-state index contributed by atoms with van der Waals surface area (Å²) in [6.07, 6.45) is 1.77. The van der Waals surface area contributed by atoms with Gasteiger partial charge in [-0.05, 0) is 31.4 Å². The smallest absolute Gasteiger partial charge is 0.302 e. The number of hydrogen-bond acceptors (Lipinski definition) is 3. The molecule has 0 saturated heterocycles. The molecule has 1 aromatic heterocycles. The quantitative estimate of drug-likeness (QED) is 0.466. The third-order valence-electron chi connectivity index (χ3n) is 3.26. The van der Waals surface area contributed by atoms with Gasteiger partial charge in [0.25, 0.3) is 0 Å². The Kier molecular flexibility index (Phi) is 5.01. The number of ether oxygens (including phenoxy) is 1. The van der Waals surface area contributed by atoms with Crippen molar-refractivity contribution in [1.29, 1.82) is 0 Å². The Hall–Kier alpha value is -1.55. The molecule has 2 aromatic rings. The summed E-state index contributed by atoms with van der Waals surface area (Å²) in [5.41, 5.74) is 3.30. The zero-order valence-corrected chi connectivity index (χ0v) is 12.6. The van der Waals surface area contributed by atoms with Crippen LogP contribution >= 0.6 is 11.6 Å². The molecule has 1 aromatic carbocycles. The van der Waals surface area contributed by atoms with Gasteiger partial charge < -0.3 is 9.30 Å². The SMILES string of the molecule is CC(=O)OCCCCn1c(CCl)nc2c(C)cccc21. The minimum atomic E-state index is -0.227. The van der Waals surface area contributed by atoms with E-state index in [1.165, 1.54) is 6.92 Å². The average Bonchev–Trinajstić information content (AvgIpc) is 2.78. The van der Waals surface area contributed by atoms with E-state index in [0.717, 1.165) is 41.8 Å². The van der Waals surface area contributed by atoms with Crippen LogP contribution in [0.15, 0.2) is 18.2 Å². The van der Waals surface area contributed by atoms with Crippen molar-refractivity contribution < 1.29 is 9.53 Å². The summed E-state index contributed by atoms with van der Waals surface area (Å²) in [5.74, 6) is 1.07. The molecule has 0 atom stereocenters. The summed E-state index contributed by atoms with van der Waals surface area (Å²) >= 11 is 5.98. The van der Waals surface area contributed by atoms with Crippen molar-refractivity contribution in [3.63, 3.8) is 0 Å². The molecule has 2 rings (SSSR count). The largest absolute Gasteiger partial charge is 0.466 e. The molecule has 0 N–H and O–H groups in total. The number of fused-ring (bicyclic) bond motifs is 1. The first-order valence-corrected chi connectivity index (χ1v) is 7.31. The Morgan fingerprint density at radius 2 is 2.20 bits per heavy atom. The van der Waals surface area contributed by atoms with Crippen molar-refractivity contribution in [3.05, 3.63) is 29.6 Å². The maximum Gasteiger partial charge on any atom is 0.302 e. The topological polar surface area (TPSA) is 44.1 Å². The van der Waals surface area contributed by atoms with Gasteiger partial charge in [-0.2, -0.15) is 0 Å². The highest BCUT2D eigenvalue weighted by molar-refractivity contribution is 6.16. The van der Waals surface area contributed by atoms with Gasteiger partial charge in [0.05, 0.1) is 23.5 Å². The number of halogens is 1. The number of unbranched alkanes of at least 4 members (excludes halogenated alkanes) is 1. The van der Waals surface area contributed by atoms with Crippen molar-refractivity contribution in [1.82, 2.24) is 9.55 Å². The van der Waals surface area contributed by atoms with Crippen LogP contribution in [0.2, 0.25) is 0 Å². The van der Waals surface area contributed by atoms with Crippen LogP contribution in [0, 0.1) is 6.92 Å². The Bertz CT molecular complexity index is 607. The highest BCUT2D eigenvalue weighted by Crippen LogP contribution is 2.21. The van der Waals surface area contributed by atoms with Gasteiger partial charge in [-0.15, -0.1) is 11.6 Å². The number of alkyl halides is 1. The van der Waals surface area contributed by atoms with Crippen LogP contribution in [0.3, 0.4) is 0 Å². The predicted molar refractivity (Wildman–Crippen MR) is 79.9 cm³/mol. The molecular formula is C15H19ClN2O2. The fourth-order valence-corrected chi connectivity index (χ4v) is 2.48. The fourth-order valence-electron chi connectivity index (χ4n) is 2.27. The highest BCUT2D eigenvalue weighted by Gasteiger charge is 2.10. The van der Waals surface area contributed by atoms with Crippen molar-refractivity contribution in [2.75, 3.05) is 6.61 Å². The molecule has 20 heavy (non-hydrogen) atoms. The van der Waals surface area contributed by atoms with E-state index < -0.39 is 0 Å². The molecule has 0 saturated carbocycles. The van der Waals surface area contributed by atoms with E-state index in [0.29, 0.717) is 12.5 Å². The summed E-state index contributed by atoms with van der Waals surface area (Å²) in [6.45, 7) is 4.79. The number of carbonyl (C=O) groups excluding carboxylic acids is 1. The number of imidazole rings is 1. The molecule has 0 fully saturated rings. The highest BCUT2D eigenvalue weighted by atomic mass is 35.5. The molecule has 0 aliphatic rings. The molecular weight excluding hydrogens is 276 g/mol. The normalized spacial score (nSPS) is 10.9. The van der Waals surface area contributed by atoms with Gasteiger partial charge in [0, 0.05) is 13.5 Å². The first-order valence-electron chi connectivity index (χ1n) is 6.77. The molecule has 0 bridgehead atoms. The minimum Gasteiger partial charge on any atom is -0.466 e. The fraction of sp³-hybridized carbons (Fsp3) is 0.467. The van der Waals surface area contributed by atoms with Crippen LogP contribution in [-0.2, 0) is 22.0 Å².